The molecule has 0 spiro atoms. The van der Waals surface area contributed by atoms with E-state index in [1.54, 1.807) is 88.6 Å². The molecule has 5 rings (SSSR count). The molecule has 0 aliphatic carbocycles. The van der Waals surface area contributed by atoms with Gasteiger partial charge in [-0.15, -0.1) is 5.10 Å². The lowest BCUT2D eigenvalue weighted by molar-refractivity contribution is -0.142. The summed E-state index contributed by atoms with van der Waals surface area (Å²) in [6, 6.07) is 10.2. The summed E-state index contributed by atoms with van der Waals surface area (Å²) in [5.74, 6) is -4.33. The van der Waals surface area contributed by atoms with E-state index in [2.05, 4.69) is 42.2 Å². The normalized spacial score (nSPS) is 20.0. The molecule has 5 unspecified atom stereocenters. The highest BCUT2D eigenvalue weighted by Crippen LogP contribution is 2.14. The molecule has 0 saturated carbocycles. The van der Waals surface area contributed by atoms with Crippen molar-refractivity contribution in [2.75, 3.05) is 12.4 Å². The van der Waals surface area contributed by atoms with E-state index in [-0.39, 0.29) is 44.1 Å². The van der Waals surface area contributed by atoms with Crippen LogP contribution in [0.3, 0.4) is 0 Å². The summed E-state index contributed by atoms with van der Waals surface area (Å²) in [5.41, 5.74) is 2.36. The Morgan fingerprint density at radius 2 is 1.65 bits per heavy atom. The van der Waals surface area contributed by atoms with Gasteiger partial charge in [-0.3, -0.25) is 28.7 Å². The van der Waals surface area contributed by atoms with E-state index in [1.165, 1.54) is 4.68 Å². The van der Waals surface area contributed by atoms with Gasteiger partial charge < -0.3 is 37.0 Å². The van der Waals surface area contributed by atoms with Gasteiger partial charge in [0, 0.05) is 44.1 Å². The van der Waals surface area contributed by atoms with E-state index in [1.807, 2.05) is 0 Å². The number of anilines is 1. The number of carbonyl (C=O) groups excluding carboxylic acids is 5. The van der Waals surface area contributed by atoms with Crippen LogP contribution in [0.1, 0.15) is 50.4 Å². The first-order chi connectivity index (χ1) is 24.8. The first-order valence-electron chi connectivity index (χ1n) is 17.3. The fourth-order valence-corrected chi connectivity index (χ4v) is 5.53. The minimum Gasteiger partial charge on any atom is -0.480 e. The highest BCUT2D eigenvalue weighted by atomic mass is 16.4. The van der Waals surface area contributed by atoms with Crippen molar-refractivity contribution in [1.29, 1.82) is 0 Å². The van der Waals surface area contributed by atoms with Gasteiger partial charge in [-0.1, -0.05) is 61.5 Å². The van der Waals surface area contributed by atoms with Crippen LogP contribution in [-0.2, 0) is 54.6 Å². The number of aromatic nitrogens is 3. The van der Waals surface area contributed by atoms with Crippen molar-refractivity contribution in [2.24, 2.45) is 5.92 Å². The number of hydrogen-bond donors (Lipinski definition) is 7. The third-order valence-electron chi connectivity index (χ3n) is 8.76. The molecule has 2 aliphatic heterocycles. The molecule has 3 heterocycles. The van der Waals surface area contributed by atoms with Crippen molar-refractivity contribution in [3.63, 3.8) is 0 Å². The van der Waals surface area contributed by atoms with Crippen molar-refractivity contribution >= 4 is 41.2 Å². The zero-order valence-corrected chi connectivity index (χ0v) is 29.7. The Morgan fingerprint density at radius 3 is 2.31 bits per heavy atom. The molecule has 16 heteroatoms. The molecule has 0 fully saturated rings. The van der Waals surface area contributed by atoms with Gasteiger partial charge in [0.15, 0.2) is 0 Å². The highest BCUT2D eigenvalue weighted by molar-refractivity contribution is 5.95. The van der Waals surface area contributed by atoms with Crippen LogP contribution >= 0.6 is 0 Å². The molecule has 52 heavy (non-hydrogen) atoms. The van der Waals surface area contributed by atoms with E-state index in [9.17, 15) is 33.9 Å². The molecule has 4 bridgehead atoms. The molecular weight excluding hydrogens is 670 g/mol. The summed E-state index contributed by atoms with van der Waals surface area (Å²) < 4.78 is 1.49. The third-order valence-corrected chi connectivity index (χ3v) is 8.76. The summed E-state index contributed by atoms with van der Waals surface area (Å²) in [7, 11) is 1.62. The lowest BCUT2D eigenvalue weighted by Crippen LogP contribution is -2.59. The van der Waals surface area contributed by atoms with Gasteiger partial charge in [0.1, 0.15) is 24.2 Å². The second-order valence-electron chi connectivity index (χ2n) is 13.2. The van der Waals surface area contributed by atoms with Gasteiger partial charge >= 0.3 is 5.97 Å². The van der Waals surface area contributed by atoms with Crippen molar-refractivity contribution in [3.05, 3.63) is 77.6 Å². The Labute approximate surface area is 301 Å². The lowest BCUT2D eigenvalue weighted by Gasteiger charge is -2.28. The molecule has 5 atom stereocenters. The van der Waals surface area contributed by atoms with E-state index < -0.39 is 59.8 Å². The Kier molecular flexibility index (Phi) is 14.0. The summed E-state index contributed by atoms with van der Waals surface area (Å²) in [6.45, 7) is 5.29. The topological polar surface area (TPSA) is 226 Å². The number of hydrogen-bond acceptors (Lipinski definition) is 9. The van der Waals surface area contributed by atoms with Gasteiger partial charge in [0.05, 0.1) is 11.7 Å². The second-order valence-corrected chi connectivity index (χ2v) is 13.2. The number of likely N-dealkylation sites (N-methyl/N-ethyl adjacent to an activating group) is 1. The van der Waals surface area contributed by atoms with Gasteiger partial charge in [-0.25, -0.2) is 4.79 Å². The maximum absolute atomic E-state index is 14.1. The molecule has 1 aromatic heterocycles. The van der Waals surface area contributed by atoms with E-state index in [0.29, 0.717) is 28.9 Å². The van der Waals surface area contributed by atoms with Crippen LogP contribution in [0.4, 0.5) is 5.69 Å². The first-order valence-corrected chi connectivity index (χ1v) is 17.3. The van der Waals surface area contributed by atoms with Crippen molar-refractivity contribution < 1.29 is 33.9 Å². The van der Waals surface area contributed by atoms with Gasteiger partial charge in [0.2, 0.25) is 29.5 Å². The molecule has 5 amide bonds. The van der Waals surface area contributed by atoms with E-state index >= 15 is 0 Å². The zero-order valence-electron chi connectivity index (χ0n) is 29.7. The number of rotatable bonds is 9. The quantitative estimate of drug-likeness (QED) is 0.161. The average molecular weight is 718 g/mol. The number of fused-ring (bicyclic) bond motifs is 14. The van der Waals surface area contributed by atoms with Crippen LogP contribution in [0.2, 0.25) is 0 Å². The SMILES string of the molecule is CNC(C)C(=O)NC(C(=O)NC1CCn2cc(nn2)CCC(=O)Nc2ccc(cc2)CC(C(=O)O)NC(=O)C(Cc2ccccc2)NC1=O)C(C)C. The van der Waals surface area contributed by atoms with Gasteiger partial charge in [-0.05, 0) is 49.6 Å². The van der Waals surface area contributed by atoms with Crippen LogP contribution in [0.5, 0.6) is 0 Å². The predicted octanol–water partition coefficient (Wildman–Crippen LogP) is 0.326. The Balaban J connectivity index is 1.67. The zero-order chi connectivity index (χ0) is 37.8. The van der Waals surface area contributed by atoms with Gasteiger partial charge in [-0.2, -0.15) is 0 Å². The number of amides is 5. The molecule has 2 aliphatic rings. The van der Waals surface area contributed by atoms with Crippen LogP contribution in [0, 0.1) is 5.92 Å². The van der Waals surface area contributed by atoms with Crippen molar-refractivity contribution in [1.82, 2.24) is 41.6 Å². The first kappa shape index (κ1) is 39.2. The maximum atomic E-state index is 14.1. The minimum absolute atomic E-state index is 0.0119. The van der Waals surface area contributed by atoms with Crippen LogP contribution in [0.15, 0.2) is 60.8 Å². The van der Waals surface area contributed by atoms with Crippen molar-refractivity contribution in [3.8, 4) is 0 Å². The number of carbonyl (C=O) groups is 6. The fraction of sp³-hybridized carbons (Fsp3) is 0.444. The highest BCUT2D eigenvalue weighted by Gasteiger charge is 2.33. The molecule has 0 saturated heterocycles. The van der Waals surface area contributed by atoms with Crippen molar-refractivity contribution in [2.45, 2.75) is 89.6 Å². The smallest absolute Gasteiger partial charge is 0.326 e. The number of carboxylic acid groups (broad SMARTS) is 1. The van der Waals surface area contributed by atoms with Crippen LogP contribution in [-0.4, -0.2) is 92.9 Å². The molecule has 16 nitrogen and oxygen atoms in total. The number of nitrogens with one attached hydrogen (secondary N) is 6. The number of aliphatic carboxylic acids is 1. The fourth-order valence-electron chi connectivity index (χ4n) is 5.53. The third kappa shape index (κ3) is 11.4. The molecule has 2 aromatic carbocycles. The summed E-state index contributed by atoms with van der Waals surface area (Å²) in [6.07, 6.45) is 2.03. The Bertz CT molecular complexity index is 1710. The molecule has 278 valence electrons. The minimum atomic E-state index is -1.34. The second kappa shape index (κ2) is 18.6. The van der Waals surface area contributed by atoms with E-state index in [0.717, 1.165) is 0 Å². The summed E-state index contributed by atoms with van der Waals surface area (Å²) in [4.78, 5) is 79.2. The standard InChI is InChI=1S/C36H47N9O7/c1-21(2)31(42-32(47)22(3)37-4)35(50)39-27-16-17-45-20-26(43-44-45)14-15-30(46)38-25-12-10-24(11-13-25)19-29(36(51)52)41-34(49)28(40-33(27)48)18-23-8-6-5-7-9-23/h5-13,20-22,27-29,31,37H,14-19H2,1-4H3,(H,38,46)(H,39,50)(H,40,48)(H,41,49)(H,42,47)(H,51,52). The monoisotopic (exact) mass is 717 g/mol. The van der Waals surface area contributed by atoms with E-state index in [4.69, 9.17) is 0 Å². The Hall–Kier alpha value is -5.64. The number of aryl methyl sites for hydroxylation is 2. The molecule has 3 aromatic rings. The molecule has 7 N–H and O–H groups in total. The summed E-state index contributed by atoms with van der Waals surface area (Å²) in [5, 5.41) is 34.8. The van der Waals surface area contributed by atoms with Gasteiger partial charge in [0.25, 0.3) is 0 Å². The number of benzene rings is 2. The number of nitrogens with zero attached hydrogens (tertiary/aromatic N) is 3. The largest absolute Gasteiger partial charge is 0.480 e. The number of carboxylic acids is 1. The average Bonchev–Trinajstić information content (AvgIpc) is 3.58. The Morgan fingerprint density at radius 1 is 0.942 bits per heavy atom. The summed E-state index contributed by atoms with van der Waals surface area (Å²) >= 11 is 0. The molecular formula is C36H47N9O7. The lowest BCUT2D eigenvalue weighted by atomic mass is 10.0. The van der Waals surface area contributed by atoms with Crippen LogP contribution in [0.25, 0.3) is 0 Å². The maximum Gasteiger partial charge on any atom is 0.326 e. The predicted molar refractivity (Wildman–Crippen MR) is 191 cm³/mol. The molecule has 0 radical (unpaired) electrons. The van der Waals surface area contributed by atoms with Crippen LogP contribution < -0.4 is 31.9 Å².